The van der Waals surface area contributed by atoms with Crippen molar-refractivity contribution in [3.05, 3.63) is 12.7 Å². The zero-order valence-corrected chi connectivity index (χ0v) is 7.95. The highest BCUT2D eigenvalue weighted by molar-refractivity contribution is 5.81. The van der Waals surface area contributed by atoms with Crippen LogP contribution in [0.1, 0.15) is 32.6 Å². The van der Waals surface area contributed by atoms with E-state index < -0.39 is 12.1 Å². The minimum absolute atomic E-state index is 0.525. The lowest BCUT2D eigenvalue weighted by molar-refractivity contribution is -0.140. The van der Waals surface area contributed by atoms with E-state index in [-0.39, 0.29) is 0 Å². The second-order valence-corrected chi connectivity index (χ2v) is 2.75. The minimum Gasteiger partial charge on any atom is -0.444 e. The van der Waals surface area contributed by atoms with Crippen molar-refractivity contribution < 1.29 is 9.53 Å². The minimum atomic E-state index is -0.614. The predicted molar refractivity (Wildman–Crippen MR) is 49.8 cm³/mol. The second kappa shape index (κ2) is 7.35. The van der Waals surface area contributed by atoms with E-state index in [4.69, 9.17) is 10.00 Å². The Kier molecular flexibility index (Phi) is 6.62. The quantitative estimate of drug-likeness (QED) is 0.358. The largest absolute Gasteiger partial charge is 0.444 e. The molecule has 0 N–H and O–H groups in total. The monoisotopic (exact) mass is 181 g/mol. The molecule has 0 saturated carbocycles. The number of hydrogen-bond donors (Lipinski definition) is 0. The molecule has 0 aromatic carbocycles. The number of ether oxygens (including phenoxy) is 1. The van der Waals surface area contributed by atoms with Gasteiger partial charge in [0.05, 0.1) is 0 Å². The van der Waals surface area contributed by atoms with Gasteiger partial charge in [-0.3, -0.25) is 0 Å². The molecule has 0 aliphatic carbocycles. The third-order valence-electron chi connectivity index (χ3n) is 1.64. The van der Waals surface area contributed by atoms with E-state index in [2.05, 4.69) is 13.5 Å². The van der Waals surface area contributed by atoms with Gasteiger partial charge in [0.15, 0.2) is 6.10 Å². The average molecular weight is 181 g/mol. The van der Waals surface area contributed by atoms with Crippen molar-refractivity contribution in [2.24, 2.45) is 0 Å². The number of unbranched alkanes of at least 4 members (excludes halogenated alkanes) is 2. The van der Waals surface area contributed by atoms with Crippen molar-refractivity contribution in [1.82, 2.24) is 0 Å². The second-order valence-electron chi connectivity index (χ2n) is 2.75. The topological polar surface area (TPSA) is 50.1 Å². The molecule has 1 atom stereocenters. The number of hydrogen-bond acceptors (Lipinski definition) is 3. The Balaban J connectivity index is 3.71. The fourth-order valence-corrected chi connectivity index (χ4v) is 0.918. The van der Waals surface area contributed by atoms with Gasteiger partial charge in [-0.2, -0.15) is 5.26 Å². The average Bonchev–Trinajstić information content (AvgIpc) is 2.16. The third-order valence-corrected chi connectivity index (χ3v) is 1.64. The van der Waals surface area contributed by atoms with Gasteiger partial charge in [0.2, 0.25) is 0 Å². The Morgan fingerprint density at radius 2 is 2.38 bits per heavy atom. The van der Waals surface area contributed by atoms with Crippen LogP contribution in [0.25, 0.3) is 0 Å². The molecule has 13 heavy (non-hydrogen) atoms. The molecule has 0 radical (unpaired) electrons. The van der Waals surface area contributed by atoms with E-state index in [0.717, 1.165) is 25.3 Å². The lowest BCUT2D eigenvalue weighted by atomic mass is 10.1. The number of carbonyl (C=O) groups is 1. The van der Waals surface area contributed by atoms with Crippen LogP contribution in [0.3, 0.4) is 0 Å². The Hall–Kier alpha value is -1.30. The number of rotatable bonds is 6. The summed E-state index contributed by atoms with van der Waals surface area (Å²) in [6.07, 6.45) is 4.14. The van der Waals surface area contributed by atoms with Crippen LogP contribution in [0, 0.1) is 11.3 Å². The summed E-state index contributed by atoms with van der Waals surface area (Å²) in [6.45, 7) is 5.34. The summed E-state index contributed by atoms with van der Waals surface area (Å²) in [6, 6.07) is 1.94. The van der Waals surface area contributed by atoms with Crippen LogP contribution < -0.4 is 0 Å². The molecule has 3 nitrogen and oxygen atoms in total. The first-order valence-electron chi connectivity index (χ1n) is 4.47. The highest BCUT2D eigenvalue weighted by Gasteiger charge is 2.09. The first-order valence-corrected chi connectivity index (χ1v) is 4.47. The maximum Gasteiger partial charge on any atom is 0.331 e. The van der Waals surface area contributed by atoms with E-state index in [1.807, 2.05) is 6.07 Å². The highest BCUT2D eigenvalue weighted by atomic mass is 16.5. The molecule has 0 aromatic heterocycles. The Morgan fingerprint density at radius 3 is 2.85 bits per heavy atom. The van der Waals surface area contributed by atoms with Gasteiger partial charge in [-0.05, 0) is 12.8 Å². The maximum absolute atomic E-state index is 10.7. The van der Waals surface area contributed by atoms with Gasteiger partial charge in [-0.25, -0.2) is 4.79 Å². The Labute approximate surface area is 79.0 Å². The lowest BCUT2D eigenvalue weighted by Gasteiger charge is -2.07. The molecule has 0 aliphatic rings. The van der Waals surface area contributed by atoms with Crippen LogP contribution in [-0.2, 0) is 9.53 Å². The first kappa shape index (κ1) is 11.7. The standard InChI is InChI=1S/C10H15NO2/c1-3-5-6-7-9(8-11)13-10(12)4-2/h4,9H,2-3,5-7H2,1H3. The van der Waals surface area contributed by atoms with Gasteiger partial charge in [0.25, 0.3) is 0 Å². The number of carbonyl (C=O) groups excluding carboxylic acids is 1. The van der Waals surface area contributed by atoms with Crippen molar-refractivity contribution in [2.45, 2.75) is 38.7 Å². The Morgan fingerprint density at radius 1 is 1.69 bits per heavy atom. The fourth-order valence-electron chi connectivity index (χ4n) is 0.918. The van der Waals surface area contributed by atoms with Crippen molar-refractivity contribution in [3.8, 4) is 6.07 Å². The van der Waals surface area contributed by atoms with Gasteiger partial charge >= 0.3 is 5.97 Å². The van der Waals surface area contributed by atoms with Gasteiger partial charge in [-0.15, -0.1) is 0 Å². The summed E-state index contributed by atoms with van der Waals surface area (Å²) >= 11 is 0. The van der Waals surface area contributed by atoms with E-state index in [1.165, 1.54) is 0 Å². The van der Waals surface area contributed by atoms with Crippen molar-refractivity contribution in [1.29, 1.82) is 5.26 Å². The normalized spacial score (nSPS) is 11.4. The molecule has 0 rings (SSSR count). The molecule has 0 heterocycles. The van der Waals surface area contributed by atoms with E-state index in [9.17, 15) is 4.79 Å². The number of esters is 1. The summed E-state index contributed by atoms with van der Waals surface area (Å²) in [5.41, 5.74) is 0. The molecular weight excluding hydrogens is 166 g/mol. The molecule has 0 aromatic rings. The summed E-state index contributed by atoms with van der Waals surface area (Å²) in [5.74, 6) is -0.525. The van der Waals surface area contributed by atoms with Gasteiger partial charge < -0.3 is 4.74 Å². The van der Waals surface area contributed by atoms with Crippen molar-refractivity contribution >= 4 is 5.97 Å². The predicted octanol–water partition coefficient (Wildman–Crippen LogP) is 2.19. The first-order chi connectivity index (χ1) is 6.24. The smallest absolute Gasteiger partial charge is 0.331 e. The number of nitriles is 1. The summed E-state index contributed by atoms with van der Waals surface area (Å²) in [4.78, 5) is 10.7. The molecule has 0 bridgehead atoms. The van der Waals surface area contributed by atoms with E-state index in [1.54, 1.807) is 0 Å². The molecule has 0 fully saturated rings. The molecule has 0 aliphatic heterocycles. The molecular formula is C10H15NO2. The maximum atomic E-state index is 10.7. The van der Waals surface area contributed by atoms with E-state index >= 15 is 0 Å². The van der Waals surface area contributed by atoms with Crippen LogP contribution in [0.5, 0.6) is 0 Å². The zero-order chi connectivity index (χ0) is 10.1. The summed E-state index contributed by atoms with van der Waals surface area (Å²) in [7, 11) is 0. The molecule has 0 spiro atoms. The van der Waals surface area contributed by atoms with Crippen molar-refractivity contribution in [3.63, 3.8) is 0 Å². The zero-order valence-electron chi connectivity index (χ0n) is 7.95. The van der Waals surface area contributed by atoms with Crippen molar-refractivity contribution in [2.75, 3.05) is 0 Å². The third kappa shape index (κ3) is 5.92. The van der Waals surface area contributed by atoms with Gasteiger partial charge in [-0.1, -0.05) is 26.3 Å². The molecule has 1 unspecified atom stereocenters. The fraction of sp³-hybridized carbons (Fsp3) is 0.600. The van der Waals surface area contributed by atoms with Crippen LogP contribution >= 0.6 is 0 Å². The van der Waals surface area contributed by atoms with Crippen LogP contribution in [0.2, 0.25) is 0 Å². The molecule has 72 valence electrons. The van der Waals surface area contributed by atoms with Gasteiger partial charge in [0.1, 0.15) is 6.07 Å². The molecule has 0 saturated heterocycles. The van der Waals surface area contributed by atoms with E-state index in [0.29, 0.717) is 6.42 Å². The van der Waals surface area contributed by atoms with Gasteiger partial charge in [0, 0.05) is 6.08 Å². The molecule has 3 heteroatoms. The van der Waals surface area contributed by atoms with Crippen LogP contribution in [-0.4, -0.2) is 12.1 Å². The lowest BCUT2D eigenvalue weighted by Crippen LogP contribution is -2.14. The van der Waals surface area contributed by atoms with Crippen LogP contribution in [0.4, 0.5) is 0 Å². The highest BCUT2D eigenvalue weighted by Crippen LogP contribution is 2.06. The Bertz CT molecular complexity index is 205. The SMILES string of the molecule is C=CC(=O)OC(C#N)CCCCC. The molecule has 0 amide bonds. The summed E-state index contributed by atoms with van der Waals surface area (Å²) in [5, 5.41) is 8.61. The van der Waals surface area contributed by atoms with Crippen LogP contribution in [0.15, 0.2) is 12.7 Å². The summed E-state index contributed by atoms with van der Waals surface area (Å²) < 4.78 is 4.78. The number of nitrogens with zero attached hydrogens (tertiary/aromatic N) is 1.